The summed E-state index contributed by atoms with van der Waals surface area (Å²) in [5, 5.41) is 0.895. The maximum atomic E-state index is 12.7. The Morgan fingerprint density at radius 3 is 2.15 bits per heavy atom. The smallest absolute Gasteiger partial charge is 0.261 e. The predicted molar refractivity (Wildman–Crippen MR) is 104 cm³/mol. The minimum Gasteiger partial charge on any atom is -0.277 e. The number of nitrogens with zero attached hydrogens (tertiary/aromatic N) is 1. The Morgan fingerprint density at radius 1 is 0.731 bits per heavy atom. The fourth-order valence-corrected chi connectivity index (χ4v) is 4.02. The van der Waals surface area contributed by atoms with Crippen molar-refractivity contribution in [1.82, 2.24) is 4.98 Å². The highest BCUT2D eigenvalue weighted by Crippen LogP contribution is 2.32. The summed E-state index contributed by atoms with van der Waals surface area (Å²) in [6.45, 7) is 0. The van der Waals surface area contributed by atoms with Crippen LogP contribution in [-0.2, 0) is 10.0 Å². The van der Waals surface area contributed by atoms with E-state index < -0.39 is 10.0 Å². The standard InChI is InChI=1S/C21H16N2O2S/c24-26(25,17-10-5-2-6-11-17)23-20-14-13-18(16-8-3-1-4-9-16)19-12-7-15-22-21(19)20/h1-15,23H. The quantitative estimate of drug-likeness (QED) is 0.574. The Kier molecular flexibility index (Phi) is 4.14. The number of nitrogens with one attached hydrogen (secondary N) is 1. The van der Waals surface area contributed by atoms with Gasteiger partial charge in [0.15, 0.2) is 0 Å². The summed E-state index contributed by atoms with van der Waals surface area (Å²) in [5.41, 5.74) is 3.15. The van der Waals surface area contributed by atoms with Gasteiger partial charge in [-0.2, -0.15) is 0 Å². The van der Waals surface area contributed by atoms with Crippen LogP contribution in [0.5, 0.6) is 0 Å². The first kappa shape index (κ1) is 16.3. The molecule has 0 aliphatic rings. The lowest BCUT2D eigenvalue weighted by molar-refractivity contribution is 0.601. The molecular weight excluding hydrogens is 344 g/mol. The minimum atomic E-state index is -3.67. The fourth-order valence-electron chi connectivity index (χ4n) is 2.93. The summed E-state index contributed by atoms with van der Waals surface area (Å²) in [5.74, 6) is 0. The van der Waals surface area contributed by atoms with E-state index in [0.717, 1.165) is 16.5 Å². The van der Waals surface area contributed by atoms with Crippen molar-refractivity contribution in [3.8, 4) is 11.1 Å². The normalized spacial score (nSPS) is 11.4. The third-order valence-corrected chi connectivity index (χ3v) is 5.53. The zero-order chi connectivity index (χ0) is 18.0. The third-order valence-electron chi connectivity index (χ3n) is 4.15. The van der Waals surface area contributed by atoms with E-state index in [1.807, 2.05) is 48.5 Å². The average Bonchev–Trinajstić information content (AvgIpc) is 2.69. The number of sulfonamides is 1. The van der Waals surface area contributed by atoms with E-state index in [1.165, 1.54) is 0 Å². The highest BCUT2D eigenvalue weighted by molar-refractivity contribution is 7.92. The van der Waals surface area contributed by atoms with Gasteiger partial charge in [0.1, 0.15) is 0 Å². The molecule has 0 aliphatic heterocycles. The summed E-state index contributed by atoms with van der Waals surface area (Å²) in [4.78, 5) is 4.64. The lowest BCUT2D eigenvalue weighted by atomic mass is 10.00. The Hall–Kier alpha value is -3.18. The molecule has 0 atom stereocenters. The fraction of sp³-hybridized carbons (Fsp3) is 0. The van der Waals surface area contributed by atoms with Crippen LogP contribution in [0.25, 0.3) is 22.0 Å². The van der Waals surface area contributed by atoms with Crippen LogP contribution >= 0.6 is 0 Å². The Labute approximate surface area is 152 Å². The molecule has 0 saturated heterocycles. The van der Waals surface area contributed by atoms with Crippen molar-refractivity contribution in [1.29, 1.82) is 0 Å². The van der Waals surface area contributed by atoms with E-state index >= 15 is 0 Å². The molecule has 5 heteroatoms. The topological polar surface area (TPSA) is 59.1 Å². The zero-order valence-corrected chi connectivity index (χ0v) is 14.6. The molecule has 0 saturated carbocycles. The highest BCUT2D eigenvalue weighted by Gasteiger charge is 2.16. The maximum absolute atomic E-state index is 12.7. The number of aromatic nitrogens is 1. The summed E-state index contributed by atoms with van der Waals surface area (Å²) in [6.07, 6.45) is 1.66. The molecule has 0 radical (unpaired) electrons. The molecule has 0 spiro atoms. The molecule has 4 rings (SSSR count). The van der Waals surface area contributed by atoms with E-state index in [-0.39, 0.29) is 4.90 Å². The molecule has 26 heavy (non-hydrogen) atoms. The van der Waals surface area contributed by atoms with Crippen molar-refractivity contribution in [3.63, 3.8) is 0 Å². The molecule has 3 aromatic carbocycles. The van der Waals surface area contributed by atoms with Gasteiger partial charge < -0.3 is 0 Å². The predicted octanol–water partition coefficient (Wildman–Crippen LogP) is 4.70. The molecule has 0 bridgehead atoms. The van der Waals surface area contributed by atoms with Crippen molar-refractivity contribution in [2.24, 2.45) is 0 Å². The van der Waals surface area contributed by atoms with Gasteiger partial charge in [0, 0.05) is 11.6 Å². The van der Waals surface area contributed by atoms with E-state index in [4.69, 9.17) is 0 Å². The van der Waals surface area contributed by atoms with Crippen LogP contribution in [0.15, 0.2) is 96.0 Å². The van der Waals surface area contributed by atoms with E-state index in [1.54, 1.807) is 42.6 Å². The number of benzene rings is 3. The first-order valence-electron chi connectivity index (χ1n) is 8.16. The SMILES string of the molecule is O=S(=O)(Nc1ccc(-c2ccccc2)c2cccnc12)c1ccccc1. The van der Waals surface area contributed by atoms with Crippen LogP contribution in [0, 0.1) is 0 Å². The molecule has 1 heterocycles. The number of rotatable bonds is 4. The van der Waals surface area contributed by atoms with Crippen LogP contribution in [-0.4, -0.2) is 13.4 Å². The molecule has 128 valence electrons. The van der Waals surface area contributed by atoms with Crippen molar-refractivity contribution < 1.29 is 8.42 Å². The van der Waals surface area contributed by atoms with Gasteiger partial charge in [0.05, 0.1) is 16.1 Å². The van der Waals surface area contributed by atoms with Crippen molar-refractivity contribution in [2.45, 2.75) is 4.90 Å². The minimum absolute atomic E-state index is 0.219. The summed E-state index contributed by atoms with van der Waals surface area (Å²) < 4.78 is 28.0. The molecule has 0 unspecified atom stereocenters. The average molecular weight is 360 g/mol. The first-order chi connectivity index (χ1) is 12.6. The van der Waals surface area contributed by atoms with Gasteiger partial charge in [0.25, 0.3) is 10.0 Å². The molecule has 0 fully saturated rings. The maximum Gasteiger partial charge on any atom is 0.261 e. The molecule has 4 aromatic rings. The molecular formula is C21H16N2O2S. The summed E-state index contributed by atoms with van der Waals surface area (Å²) in [7, 11) is -3.67. The Balaban J connectivity index is 1.83. The van der Waals surface area contributed by atoms with E-state index in [2.05, 4.69) is 9.71 Å². The Bertz CT molecular complexity index is 1160. The molecule has 0 aliphatic carbocycles. The van der Waals surface area contributed by atoms with Crippen LogP contribution in [0.1, 0.15) is 0 Å². The number of fused-ring (bicyclic) bond motifs is 1. The number of hydrogen-bond donors (Lipinski definition) is 1. The van der Waals surface area contributed by atoms with Crippen molar-refractivity contribution >= 4 is 26.6 Å². The van der Waals surface area contributed by atoms with Gasteiger partial charge in [-0.15, -0.1) is 0 Å². The lowest BCUT2D eigenvalue weighted by Gasteiger charge is -2.13. The summed E-state index contributed by atoms with van der Waals surface area (Å²) in [6, 6.07) is 25.8. The monoisotopic (exact) mass is 360 g/mol. The van der Waals surface area contributed by atoms with Gasteiger partial charge in [0.2, 0.25) is 0 Å². The number of pyridine rings is 1. The second-order valence-electron chi connectivity index (χ2n) is 5.84. The molecule has 1 N–H and O–H groups in total. The largest absolute Gasteiger partial charge is 0.277 e. The first-order valence-corrected chi connectivity index (χ1v) is 9.64. The zero-order valence-electron chi connectivity index (χ0n) is 13.8. The third kappa shape index (κ3) is 3.05. The van der Waals surface area contributed by atoms with Gasteiger partial charge in [-0.05, 0) is 35.4 Å². The molecule has 4 nitrogen and oxygen atoms in total. The van der Waals surface area contributed by atoms with Gasteiger partial charge >= 0.3 is 0 Å². The van der Waals surface area contributed by atoms with E-state index in [0.29, 0.717) is 11.2 Å². The highest BCUT2D eigenvalue weighted by atomic mass is 32.2. The van der Waals surface area contributed by atoms with Gasteiger partial charge in [-0.25, -0.2) is 8.42 Å². The second-order valence-corrected chi connectivity index (χ2v) is 7.53. The molecule has 1 aromatic heterocycles. The lowest BCUT2D eigenvalue weighted by Crippen LogP contribution is -2.13. The number of anilines is 1. The van der Waals surface area contributed by atoms with Crippen LogP contribution < -0.4 is 4.72 Å². The number of hydrogen-bond acceptors (Lipinski definition) is 3. The Morgan fingerprint density at radius 2 is 1.42 bits per heavy atom. The second kappa shape index (κ2) is 6.61. The van der Waals surface area contributed by atoms with Crippen LogP contribution in [0.4, 0.5) is 5.69 Å². The van der Waals surface area contributed by atoms with Crippen LogP contribution in [0.3, 0.4) is 0 Å². The van der Waals surface area contributed by atoms with Gasteiger partial charge in [-0.3, -0.25) is 9.71 Å². The van der Waals surface area contributed by atoms with Crippen molar-refractivity contribution in [2.75, 3.05) is 4.72 Å². The van der Waals surface area contributed by atoms with E-state index in [9.17, 15) is 8.42 Å². The van der Waals surface area contributed by atoms with Crippen LogP contribution in [0.2, 0.25) is 0 Å². The van der Waals surface area contributed by atoms with Crippen molar-refractivity contribution in [3.05, 3.63) is 91.1 Å². The van der Waals surface area contributed by atoms with Gasteiger partial charge in [-0.1, -0.05) is 60.7 Å². The summed E-state index contributed by atoms with van der Waals surface area (Å²) >= 11 is 0. The molecule has 0 amide bonds.